The van der Waals surface area contributed by atoms with Crippen molar-refractivity contribution in [1.29, 1.82) is 0 Å². The summed E-state index contributed by atoms with van der Waals surface area (Å²) >= 11 is 0. The Bertz CT molecular complexity index is 250. The largest absolute Gasteiger partial charge is 0.361 e. The number of hydrogen-bond donors (Lipinski definition) is 3. The number of nitrogens with one attached hydrogen (secondary N) is 1. The highest BCUT2D eigenvalue weighted by molar-refractivity contribution is 6.37. The number of carbonyl (C=O) groups excluding carboxylic acids is 3. The van der Waals surface area contributed by atoms with Crippen LogP contribution in [0.15, 0.2) is 0 Å². The first-order chi connectivity index (χ1) is 6.34. The van der Waals surface area contributed by atoms with Gasteiger partial charge in [0.05, 0.1) is 6.04 Å². The highest BCUT2D eigenvalue weighted by Gasteiger charge is 2.19. The molecule has 0 bridgehead atoms. The van der Waals surface area contributed by atoms with Gasteiger partial charge in [0.25, 0.3) is 0 Å². The highest BCUT2D eigenvalue weighted by Crippen LogP contribution is 2.02. The van der Waals surface area contributed by atoms with E-state index >= 15 is 0 Å². The van der Waals surface area contributed by atoms with Crippen LogP contribution in [0.25, 0.3) is 0 Å². The molecular weight excluding hydrogens is 186 g/mol. The Morgan fingerprint density at radius 2 is 1.79 bits per heavy atom. The van der Waals surface area contributed by atoms with Crippen molar-refractivity contribution in [2.45, 2.75) is 26.3 Å². The van der Waals surface area contributed by atoms with Crippen LogP contribution in [0.4, 0.5) is 0 Å². The van der Waals surface area contributed by atoms with Crippen molar-refractivity contribution >= 4 is 17.7 Å². The van der Waals surface area contributed by atoms with E-state index in [1.807, 2.05) is 19.2 Å². The van der Waals surface area contributed by atoms with Crippen LogP contribution in [0, 0.1) is 5.92 Å². The van der Waals surface area contributed by atoms with Gasteiger partial charge in [-0.05, 0) is 12.3 Å². The molecule has 80 valence electrons. The molecule has 0 radical (unpaired) electrons. The van der Waals surface area contributed by atoms with Crippen LogP contribution >= 0.6 is 0 Å². The van der Waals surface area contributed by atoms with Crippen LogP contribution in [-0.4, -0.2) is 23.8 Å². The van der Waals surface area contributed by atoms with Crippen LogP contribution in [0.3, 0.4) is 0 Å². The molecule has 0 aliphatic heterocycles. The van der Waals surface area contributed by atoms with E-state index in [4.69, 9.17) is 5.73 Å². The predicted molar refractivity (Wildman–Crippen MR) is 49.8 cm³/mol. The Balaban J connectivity index is 4.08. The van der Waals surface area contributed by atoms with Gasteiger partial charge in [0, 0.05) is 0 Å². The van der Waals surface area contributed by atoms with Crippen LogP contribution in [0.5, 0.6) is 0 Å². The Morgan fingerprint density at radius 3 is 2.14 bits per heavy atom. The Morgan fingerprint density at radius 1 is 1.29 bits per heavy atom. The molecular formula is C8H15N3O3. The van der Waals surface area contributed by atoms with Crippen LogP contribution in [0.2, 0.25) is 0 Å². The first-order valence-electron chi connectivity index (χ1n) is 4.24. The topological polar surface area (TPSA) is 115 Å². The van der Waals surface area contributed by atoms with E-state index in [9.17, 15) is 14.4 Å². The fourth-order valence-corrected chi connectivity index (χ4v) is 0.881. The van der Waals surface area contributed by atoms with Crippen molar-refractivity contribution in [1.82, 2.24) is 5.32 Å². The monoisotopic (exact) mass is 201 g/mol. The lowest BCUT2D eigenvalue weighted by molar-refractivity contribution is -0.141. The summed E-state index contributed by atoms with van der Waals surface area (Å²) in [5, 5.41) is 1.81. The van der Waals surface area contributed by atoms with E-state index in [-0.39, 0.29) is 5.92 Å². The average Bonchev–Trinajstić information content (AvgIpc) is 2.02. The van der Waals surface area contributed by atoms with Crippen molar-refractivity contribution in [3.05, 3.63) is 0 Å². The number of imide groups is 1. The lowest BCUT2D eigenvalue weighted by Gasteiger charge is -2.12. The second-order valence-electron chi connectivity index (χ2n) is 3.42. The van der Waals surface area contributed by atoms with Crippen molar-refractivity contribution in [3.63, 3.8) is 0 Å². The first-order valence-corrected chi connectivity index (χ1v) is 4.24. The normalized spacial score (nSPS) is 12.3. The second-order valence-corrected chi connectivity index (χ2v) is 3.42. The molecule has 1 atom stereocenters. The molecule has 0 aliphatic carbocycles. The average molecular weight is 201 g/mol. The van der Waals surface area contributed by atoms with E-state index in [0.717, 1.165) is 0 Å². The molecule has 5 N–H and O–H groups in total. The fourth-order valence-electron chi connectivity index (χ4n) is 0.881. The van der Waals surface area contributed by atoms with Crippen LogP contribution in [-0.2, 0) is 14.4 Å². The summed E-state index contributed by atoms with van der Waals surface area (Å²) in [5.41, 5.74) is 10.1. The predicted octanol–water partition coefficient (Wildman–Crippen LogP) is -1.51. The molecule has 0 aromatic carbocycles. The maximum Gasteiger partial charge on any atom is 0.315 e. The second kappa shape index (κ2) is 5.33. The summed E-state index contributed by atoms with van der Waals surface area (Å²) in [6, 6.07) is -0.793. The van der Waals surface area contributed by atoms with Crippen molar-refractivity contribution in [2.75, 3.05) is 0 Å². The van der Waals surface area contributed by atoms with E-state index in [1.165, 1.54) is 0 Å². The van der Waals surface area contributed by atoms with Crippen molar-refractivity contribution < 1.29 is 14.4 Å². The molecule has 0 unspecified atom stereocenters. The molecule has 0 rings (SSSR count). The van der Waals surface area contributed by atoms with E-state index < -0.39 is 23.8 Å². The van der Waals surface area contributed by atoms with Crippen LogP contribution < -0.4 is 16.8 Å². The lowest BCUT2D eigenvalue weighted by atomic mass is 10.0. The van der Waals surface area contributed by atoms with E-state index in [0.29, 0.717) is 6.42 Å². The molecule has 3 amide bonds. The minimum atomic E-state index is -1.20. The smallest absolute Gasteiger partial charge is 0.315 e. The molecule has 0 aromatic heterocycles. The molecule has 0 aromatic rings. The lowest BCUT2D eigenvalue weighted by Crippen LogP contribution is -2.47. The summed E-state index contributed by atoms with van der Waals surface area (Å²) in [5.74, 6) is -2.77. The summed E-state index contributed by atoms with van der Waals surface area (Å²) in [6.45, 7) is 3.78. The van der Waals surface area contributed by atoms with Gasteiger partial charge in [-0.15, -0.1) is 0 Å². The van der Waals surface area contributed by atoms with Gasteiger partial charge in [0.2, 0.25) is 5.91 Å². The summed E-state index contributed by atoms with van der Waals surface area (Å²) < 4.78 is 0. The maximum atomic E-state index is 11.1. The third-order valence-electron chi connectivity index (χ3n) is 1.52. The minimum absolute atomic E-state index is 0.236. The summed E-state index contributed by atoms with van der Waals surface area (Å²) in [4.78, 5) is 32.1. The zero-order valence-electron chi connectivity index (χ0n) is 8.24. The summed E-state index contributed by atoms with van der Waals surface area (Å²) in [6.07, 6.45) is 0.442. The van der Waals surface area contributed by atoms with Gasteiger partial charge < -0.3 is 11.5 Å². The molecule has 0 saturated heterocycles. The number of amides is 3. The molecule has 0 spiro atoms. The summed E-state index contributed by atoms with van der Waals surface area (Å²) in [7, 11) is 0. The van der Waals surface area contributed by atoms with Crippen molar-refractivity contribution in [2.24, 2.45) is 17.4 Å². The number of hydrogen-bond acceptors (Lipinski definition) is 4. The molecule has 0 aliphatic rings. The van der Waals surface area contributed by atoms with Gasteiger partial charge in [-0.25, -0.2) is 0 Å². The fraction of sp³-hybridized carbons (Fsp3) is 0.625. The quantitative estimate of drug-likeness (QED) is 0.481. The van der Waals surface area contributed by atoms with Gasteiger partial charge in [0.15, 0.2) is 0 Å². The van der Waals surface area contributed by atoms with E-state index in [2.05, 4.69) is 5.73 Å². The van der Waals surface area contributed by atoms with Crippen LogP contribution in [0.1, 0.15) is 20.3 Å². The van der Waals surface area contributed by atoms with Gasteiger partial charge in [0.1, 0.15) is 0 Å². The zero-order valence-corrected chi connectivity index (χ0v) is 8.24. The Hall–Kier alpha value is -1.43. The SMILES string of the molecule is CC(C)C[C@H](N)C(=O)NC(=O)C(N)=O. The molecule has 0 saturated carbocycles. The number of carbonyl (C=O) groups is 3. The van der Waals surface area contributed by atoms with Gasteiger partial charge in [-0.3, -0.25) is 19.7 Å². The van der Waals surface area contributed by atoms with E-state index in [1.54, 1.807) is 0 Å². The molecule has 0 heterocycles. The standard InChI is InChI=1S/C8H15N3O3/c1-4(2)3-5(9)7(13)11-8(14)6(10)12/h4-5H,3,9H2,1-2H3,(H2,10,12)(H,11,13,14)/t5-/m0/s1. The van der Waals surface area contributed by atoms with Crippen molar-refractivity contribution in [3.8, 4) is 0 Å². The Labute approximate surface area is 82.0 Å². The third kappa shape index (κ3) is 4.56. The molecule has 6 nitrogen and oxygen atoms in total. The number of nitrogens with two attached hydrogens (primary N) is 2. The highest BCUT2D eigenvalue weighted by atomic mass is 16.2. The molecule has 0 fully saturated rings. The maximum absolute atomic E-state index is 11.1. The number of primary amides is 1. The number of rotatable bonds is 3. The van der Waals surface area contributed by atoms with Gasteiger partial charge in [-0.2, -0.15) is 0 Å². The van der Waals surface area contributed by atoms with Gasteiger partial charge in [-0.1, -0.05) is 13.8 Å². The minimum Gasteiger partial charge on any atom is -0.361 e. The molecule has 14 heavy (non-hydrogen) atoms. The third-order valence-corrected chi connectivity index (χ3v) is 1.52. The first kappa shape index (κ1) is 12.6. The molecule has 6 heteroatoms. The zero-order chi connectivity index (χ0) is 11.3. The Kier molecular flexibility index (Phi) is 4.79. The van der Waals surface area contributed by atoms with Gasteiger partial charge >= 0.3 is 11.8 Å².